The van der Waals surface area contributed by atoms with Crippen molar-refractivity contribution in [3.63, 3.8) is 0 Å². The Morgan fingerprint density at radius 3 is 0.929 bits per heavy atom. The normalized spacial score (nSPS) is 27.8. The number of nitrogens with one attached hydrogen (secondary N) is 6. The summed E-state index contributed by atoms with van der Waals surface area (Å²) in [6.07, 6.45) is 27.9. The van der Waals surface area contributed by atoms with Crippen LogP contribution in [0.5, 0.6) is 0 Å². The molecule has 9 atom stereocenters. The highest BCUT2D eigenvalue weighted by molar-refractivity contribution is 8.02. The van der Waals surface area contributed by atoms with Crippen molar-refractivity contribution in [1.29, 1.82) is 0 Å². The van der Waals surface area contributed by atoms with Crippen LogP contribution in [0, 0.1) is 0 Å². The molecule has 16 heterocycles. The van der Waals surface area contributed by atoms with Gasteiger partial charge in [0.05, 0.1) is 5.37 Å². The van der Waals surface area contributed by atoms with E-state index in [1.54, 1.807) is 11.1 Å². The van der Waals surface area contributed by atoms with E-state index < -0.39 is 0 Å². The highest BCUT2D eigenvalue weighted by Crippen LogP contribution is 2.24. The lowest BCUT2D eigenvalue weighted by Gasteiger charge is -2.29. The van der Waals surface area contributed by atoms with Crippen molar-refractivity contribution < 1.29 is 0 Å². The van der Waals surface area contributed by atoms with Gasteiger partial charge >= 0.3 is 0 Å². The van der Waals surface area contributed by atoms with Crippen LogP contribution in [-0.2, 0) is 0 Å². The fourth-order valence-corrected chi connectivity index (χ4v) is 22.3. The zero-order valence-electron chi connectivity index (χ0n) is 88.4. The maximum Gasteiger partial charge on any atom is 0.0526 e. The quantitative estimate of drug-likeness (QED) is 0.129. The largest absolute Gasteiger partial charge is 0.389 e. The molecular weight excluding hydrogens is 1690 g/mol. The summed E-state index contributed by atoms with van der Waals surface area (Å²) in [6.45, 7) is 65.8. The summed E-state index contributed by atoms with van der Waals surface area (Å²) in [6, 6.07) is 6.55. The highest BCUT2D eigenvalue weighted by Gasteiger charge is 2.21. The Labute approximate surface area is 813 Å². The molecule has 9 unspecified atom stereocenters. The molecule has 0 bridgehead atoms. The minimum absolute atomic E-state index is 0.764. The van der Waals surface area contributed by atoms with Crippen molar-refractivity contribution in [1.82, 2.24) is 85.8 Å². The average molecular weight is 1900 g/mol. The van der Waals surface area contributed by atoms with Gasteiger partial charge in [-0.15, -0.1) is 58.8 Å². The van der Waals surface area contributed by atoms with Crippen LogP contribution < -0.4 is 31.9 Å². The Morgan fingerprint density at radius 2 is 0.667 bits per heavy atom. The summed E-state index contributed by atoms with van der Waals surface area (Å²) in [4.78, 5) is 26.2. The van der Waals surface area contributed by atoms with Crippen LogP contribution >= 0.6 is 82.3 Å². The zero-order chi connectivity index (χ0) is 94.3. The van der Waals surface area contributed by atoms with E-state index in [1.165, 1.54) is 326 Å². The number of piperidine rings is 2. The molecule has 9 fully saturated rings. The van der Waals surface area contributed by atoms with Crippen molar-refractivity contribution >= 4 is 82.3 Å². The number of rotatable bonds is 0. The van der Waals surface area contributed by atoms with Crippen molar-refractivity contribution in [2.45, 2.75) is 321 Å². The first-order valence-electron chi connectivity index (χ1n) is 49.8. The van der Waals surface area contributed by atoms with Crippen molar-refractivity contribution in [3.05, 3.63) is 79.1 Å². The summed E-state index contributed by atoms with van der Waals surface area (Å²) in [5.74, 6) is 15.6. The predicted molar refractivity (Wildman–Crippen MR) is 586 cm³/mol. The van der Waals surface area contributed by atoms with Gasteiger partial charge in [0.15, 0.2) is 0 Å². The highest BCUT2D eigenvalue weighted by atomic mass is 32.2. The van der Waals surface area contributed by atoms with E-state index in [1.807, 2.05) is 58.8 Å². The molecule has 0 amide bonds. The lowest BCUT2D eigenvalue weighted by atomic mass is 10.1. The molecule has 0 radical (unpaired) electrons. The van der Waals surface area contributed by atoms with Crippen LogP contribution in [0.25, 0.3) is 0 Å². The molecule has 126 heavy (non-hydrogen) atoms. The molecule has 0 aromatic rings. The number of nitrogens with zero attached hydrogens (tertiary/aromatic N) is 11. The molecule has 16 aliphatic heterocycles. The van der Waals surface area contributed by atoms with E-state index >= 15 is 0 Å². The number of hydrogen-bond acceptors (Lipinski definition) is 24. The molecule has 24 heteroatoms. The summed E-state index contributed by atoms with van der Waals surface area (Å²) < 4.78 is 0. The van der Waals surface area contributed by atoms with Crippen molar-refractivity contribution in [2.24, 2.45) is 0 Å². The van der Waals surface area contributed by atoms with E-state index in [0.717, 1.165) is 79.9 Å². The van der Waals surface area contributed by atoms with Gasteiger partial charge in [-0.25, -0.2) is 0 Å². The first kappa shape index (κ1) is 123. The Balaban J connectivity index is 0.000000672. The number of likely N-dealkylation sites (tertiary alicyclic amines) is 3. The Bertz CT molecular complexity index is 2440. The fourth-order valence-electron chi connectivity index (χ4n) is 14.4. The molecule has 0 spiro atoms. The van der Waals surface area contributed by atoms with Gasteiger partial charge in [-0.1, -0.05) is 52.4 Å². The zero-order valence-corrected chi connectivity index (χ0v) is 94.1. The SMILES string of the molecule is CC1=C(C)CNCC1.CC1=C(C)CNCC1.CC1=C(C)NCCC1.CC1=C(C)NCCC1.CC1=C(C)NCCN1.CC1=CCCCN1C.CC1=CSCCN1C.CC1CCCCN1C.CC1CCCCN1C.CC1CCCN1C.CC1CCSCN1C.CC1CCSCN1C.CC1CSCCCN1C.CC1CSCCN1C.CC1CSCN1C.CC1SCCN1C. The molecule has 6 N–H and O–H groups in total. The third-order valence-corrected chi connectivity index (χ3v) is 36.0. The van der Waals surface area contributed by atoms with Gasteiger partial charge in [-0.2, -0.15) is 23.5 Å². The number of thioether (sulfide) groups is 7. The molecule has 0 aromatic carbocycles. The Kier molecular flexibility index (Phi) is 74.3. The average Bonchev–Trinajstić information content (AvgIpc) is 1.77. The molecule has 0 aromatic heterocycles. The standard InChI is InChI=1S/C7H15NS.2C7H13N.2C7H15N.3C7H13N.C6H12N2.C6H13NS.C6H11NS.2C6H13NS.C6H13N.2C5H11NS/c1-7-6-9-5-3-4-8(7)2;2*1-6-3-4-8-5-7(6)2;3*1-7-5-3-4-6-8(7)2;2*1-6-4-3-5-8-7(6)2;1-5-6(2)8-4-3-7-5;2*1-6-5-8-4-3-7(6)2;2*1-6-3-4-8-5-7(6)2;1-6-4-3-5-7(6)2;1-5-3-7-4-6(5)2;1-5-6(2)3-4-7-5/h7H,3-6H2,1-2H3;2*8H,3-5H2,1-2H3;2*7H,3-6H2,1-2H3;5H,3-4,6H2,1-2H3;2*8H,3-5H2,1-2H3;7-8H,3-4H2,1-2H3;6H,3-5H2,1-2H3;5H,3-4H2,1-2H3;2*6H,3-5H2,1-2H3;6H,3-5H2,1-2H3;2*5H,3-4H2,1-2H3. The van der Waals surface area contributed by atoms with Gasteiger partial charge in [-0.3, -0.25) is 19.6 Å². The molecule has 9 saturated heterocycles. The summed E-state index contributed by atoms with van der Waals surface area (Å²) in [5, 5.41) is 22.7. The third-order valence-electron chi connectivity index (χ3n) is 27.8. The van der Waals surface area contributed by atoms with Crippen molar-refractivity contribution in [2.75, 3.05) is 252 Å². The Morgan fingerprint density at radius 1 is 0.278 bits per heavy atom. The van der Waals surface area contributed by atoms with Crippen LogP contribution in [0.2, 0.25) is 0 Å². The Hall–Kier alpha value is -1.01. The van der Waals surface area contributed by atoms with Crippen LogP contribution in [0.15, 0.2) is 79.1 Å². The molecule has 16 aliphatic rings. The lowest BCUT2D eigenvalue weighted by molar-refractivity contribution is 0.200. The number of hydrogen-bond donors (Lipinski definition) is 6. The molecular formula is C102H207N17S7. The topological polar surface area (TPSA) is 108 Å². The van der Waals surface area contributed by atoms with Crippen LogP contribution in [0.4, 0.5) is 0 Å². The molecule has 0 aliphatic carbocycles. The van der Waals surface area contributed by atoms with Gasteiger partial charge in [0.25, 0.3) is 0 Å². The first-order chi connectivity index (χ1) is 59.9. The number of allylic oxidation sites excluding steroid dienone is 9. The van der Waals surface area contributed by atoms with E-state index in [4.69, 9.17) is 0 Å². The van der Waals surface area contributed by atoms with E-state index in [2.05, 4.69) is 344 Å². The van der Waals surface area contributed by atoms with Crippen LogP contribution in [0.1, 0.15) is 267 Å². The summed E-state index contributed by atoms with van der Waals surface area (Å²) in [7, 11) is 24.0. The second-order valence-corrected chi connectivity index (χ2v) is 46.5. The van der Waals surface area contributed by atoms with E-state index in [0.29, 0.717) is 0 Å². The molecule has 742 valence electrons. The summed E-state index contributed by atoms with van der Waals surface area (Å²) >= 11 is 14.2. The maximum absolute atomic E-state index is 3.31. The lowest BCUT2D eigenvalue weighted by Crippen LogP contribution is -2.36. The third kappa shape index (κ3) is 61.2. The van der Waals surface area contributed by atoms with Gasteiger partial charge in [0, 0.05) is 214 Å². The maximum atomic E-state index is 3.31. The van der Waals surface area contributed by atoms with Gasteiger partial charge < -0.3 is 66.2 Å². The van der Waals surface area contributed by atoms with E-state index in [-0.39, 0.29) is 0 Å². The van der Waals surface area contributed by atoms with Gasteiger partial charge in [0.2, 0.25) is 0 Å². The molecule has 17 nitrogen and oxygen atoms in total. The predicted octanol–water partition coefficient (Wildman–Crippen LogP) is 20.9. The fraction of sp³-hybridized carbons (Fsp3) is 0.863. The van der Waals surface area contributed by atoms with Gasteiger partial charge in [0.1, 0.15) is 0 Å². The summed E-state index contributed by atoms with van der Waals surface area (Å²) in [5.41, 5.74) is 17.4. The minimum Gasteiger partial charge on any atom is -0.389 e. The smallest absolute Gasteiger partial charge is 0.0526 e. The van der Waals surface area contributed by atoms with Crippen LogP contribution in [-0.4, -0.2) is 359 Å². The molecule has 16 rings (SSSR count). The minimum atomic E-state index is 0.764. The van der Waals surface area contributed by atoms with E-state index in [9.17, 15) is 0 Å². The first-order valence-corrected chi connectivity index (χ1v) is 57.6. The monoisotopic (exact) mass is 1890 g/mol. The second kappa shape index (κ2) is 76.1. The van der Waals surface area contributed by atoms with Gasteiger partial charge in [-0.05, 0) is 380 Å². The van der Waals surface area contributed by atoms with Crippen LogP contribution in [0.3, 0.4) is 0 Å². The molecule has 0 saturated carbocycles. The second-order valence-electron chi connectivity index (χ2n) is 38.6. The van der Waals surface area contributed by atoms with Crippen molar-refractivity contribution in [3.8, 4) is 0 Å².